The number of piperidine rings is 1. The maximum Gasteiger partial charge on any atom is 0.408 e. The molecule has 0 saturated carbocycles. The van der Waals surface area contributed by atoms with Gasteiger partial charge in [0.2, 0.25) is 5.91 Å². The number of alkyl carbamates (subject to hydrolysis) is 1. The first-order valence-corrected chi connectivity index (χ1v) is 10.2. The molecule has 1 atom stereocenters. The zero-order valence-corrected chi connectivity index (χ0v) is 17.6. The van der Waals surface area contributed by atoms with Crippen LogP contribution in [0.25, 0.3) is 10.9 Å². The summed E-state index contributed by atoms with van der Waals surface area (Å²) in [7, 11) is 0. The Balaban J connectivity index is 1.77. The molecule has 2 amide bonds. The molecule has 8 heteroatoms. The molecule has 1 unspecified atom stereocenters. The van der Waals surface area contributed by atoms with Gasteiger partial charge in [0, 0.05) is 36.6 Å². The molecule has 2 aromatic rings. The Morgan fingerprint density at radius 2 is 1.90 bits per heavy atom. The van der Waals surface area contributed by atoms with E-state index in [4.69, 9.17) is 4.74 Å². The van der Waals surface area contributed by atoms with E-state index in [9.17, 15) is 19.5 Å². The highest BCUT2D eigenvalue weighted by molar-refractivity contribution is 5.88. The van der Waals surface area contributed by atoms with Crippen molar-refractivity contribution in [3.05, 3.63) is 36.0 Å². The van der Waals surface area contributed by atoms with E-state index < -0.39 is 29.6 Å². The number of aliphatic carboxylic acids is 1. The van der Waals surface area contributed by atoms with Crippen LogP contribution in [0.1, 0.15) is 39.2 Å². The number of carboxylic acids is 1. The van der Waals surface area contributed by atoms with Crippen LogP contribution < -0.4 is 5.32 Å². The molecule has 0 radical (unpaired) electrons. The van der Waals surface area contributed by atoms with E-state index in [1.807, 2.05) is 30.5 Å². The number of ether oxygens (including phenoxy) is 1. The van der Waals surface area contributed by atoms with Crippen molar-refractivity contribution in [1.82, 2.24) is 15.2 Å². The van der Waals surface area contributed by atoms with Crippen LogP contribution in [0.4, 0.5) is 4.79 Å². The predicted molar refractivity (Wildman–Crippen MR) is 112 cm³/mol. The van der Waals surface area contributed by atoms with Crippen LogP contribution in [-0.2, 0) is 20.7 Å². The summed E-state index contributed by atoms with van der Waals surface area (Å²) in [6.45, 7) is 6.01. The first kappa shape index (κ1) is 21.7. The quantitative estimate of drug-likeness (QED) is 0.695. The molecule has 1 aromatic carbocycles. The minimum Gasteiger partial charge on any atom is -0.481 e. The van der Waals surface area contributed by atoms with Crippen LogP contribution in [0, 0.1) is 5.92 Å². The molecule has 1 fully saturated rings. The lowest BCUT2D eigenvalue weighted by Crippen LogP contribution is -2.52. The van der Waals surface area contributed by atoms with Crippen LogP contribution in [0.2, 0.25) is 0 Å². The summed E-state index contributed by atoms with van der Waals surface area (Å²) in [5.74, 6) is -1.49. The molecule has 1 aliphatic rings. The van der Waals surface area contributed by atoms with E-state index in [0.29, 0.717) is 32.4 Å². The van der Waals surface area contributed by atoms with Gasteiger partial charge in [-0.25, -0.2) is 4.79 Å². The van der Waals surface area contributed by atoms with E-state index in [1.165, 1.54) is 0 Å². The molecular weight excluding hydrogens is 386 g/mol. The lowest BCUT2D eigenvalue weighted by molar-refractivity contribution is -0.146. The van der Waals surface area contributed by atoms with Crippen molar-refractivity contribution in [3.63, 3.8) is 0 Å². The van der Waals surface area contributed by atoms with Crippen LogP contribution in [0.15, 0.2) is 30.5 Å². The van der Waals surface area contributed by atoms with E-state index in [1.54, 1.807) is 25.7 Å². The topological polar surface area (TPSA) is 112 Å². The third kappa shape index (κ3) is 5.31. The number of aromatic nitrogens is 1. The van der Waals surface area contributed by atoms with E-state index >= 15 is 0 Å². The number of rotatable bonds is 5. The van der Waals surface area contributed by atoms with Gasteiger partial charge < -0.3 is 25.0 Å². The maximum atomic E-state index is 13.2. The number of likely N-dealkylation sites (tertiary alicyclic amines) is 1. The highest BCUT2D eigenvalue weighted by Gasteiger charge is 2.32. The van der Waals surface area contributed by atoms with Crippen LogP contribution in [0.3, 0.4) is 0 Å². The van der Waals surface area contributed by atoms with Crippen molar-refractivity contribution in [3.8, 4) is 0 Å². The second-order valence-corrected chi connectivity index (χ2v) is 8.70. The largest absolute Gasteiger partial charge is 0.481 e. The number of nitrogens with one attached hydrogen (secondary N) is 2. The number of fused-ring (bicyclic) bond motifs is 1. The normalized spacial score (nSPS) is 16.3. The first-order valence-electron chi connectivity index (χ1n) is 10.2. The lowest BCUT2D eigenvalue weighted by Gasteiger charge is -2.33. The molecule has 1 aromatic heterocycles. The van der Waals surface area contributed by atoms with Crippen molar-refractivity contribution in [2.75, 3.05) is 13.1 Å². The van der Waals surface area contributed by atoms with Crippen molar-refractivity contribution in [2.45, 2.75) is 51.7 Å². The van der Waals surface area contributed by atoms with Crippen LogP contribution in [0.5, 0.6) is 0 Å². The van der Waals surface area contributed by atoms with Crippen molar-refractivity contribution < 1.29 is 24.2 Å². The number of aromatic amines is 1. The third-order valence-electron chi connectivity index (χ3n) is 5.24. The summed E-state index contributed by atoms with van der Waals surface area (Å²) >= 11 is 0. The Morgan fingerprint density at radius 1 is 1.23 bits per heavy atom. The average Bonchev–Trinajstić information content (AvgIpc) is 3.08. The summed E-state index contributed by atoms with van der Waals surface area (Å²) in [4.78, 5) is 41.7. The van der Waals surface area contributed by atoms with Gasteiger partial charge in [-0.15, -0.1) is 0 Å². The van der Waals surface area contributed by atoms with Gasteiger partial charge in [-0.3, -0.25) is 9.59 Å². The maximum absolute atomic E-state index is 13.2. The SMILES string of the molecule is CC(C)(C)OC(=O)NC(Cc1c[nH]c2ccccc12)C(=O)N1CCC(C(=O)O)CC1. The predicted octanol–water partition coefficient (Wildman–Crippen LogP) is 2.93. The molecule has 1 saturated heterocycles. The number of nitrogens with zero attached hydrogens (tertiary/aromatic N) is 1. The zero-order chi connectivity index (χ0) is 21.9. The minimum absolute atomic E-state index is 0.227. The summed E-state index contributed by atoms with van der Waals surface area (Å²) in [5, 5.41) is 12.9. The van der Waals surface area contributed by atoms with Gasteiger partial charge in [-0.1, -0.05) is 18.2 Å². The number of carboxylic acid groups (broad SMARTS) is 1. The fourth-order valence-electron chi connectivity index (χ4n) is 3.74. The van der Waals surface area contributed by atoms with Gasteiger partial charge >= 0.3 is 12.1 Å². The van der Waals surface area contributed by atoms with E-state index in [-0.39, 0.29) is 5.91 Å². The molecule has 3 rings (SSSR count). The summed E-state index contributed by atoms with van der Waals surface area (Å²) in [6, 6.07) is 6.97. The number of carbonyl (C=O) groups is 3. The summed E-state index contributed by atoms with van der Waals surface area (Å²) < 4.78 is 5.35. The Kier molecular flexibility index (Phi) is 6.34. The molecule has 0 aliphatic carbocycles. The smallest absolute Gasteiger partial charge is 0.408 e. The molecule has 8 nitrogen and oxygen atoms in total. The number of benzene rings is 1. The van der Waals surface area contributed by atoms with Gasteiger partial charge in [-0.2, -0.15) is 0 Å². The number of hydrogen-bond acceptors (Lipinski definition) is 4. The lowest BCUT2D eigenvalue weighted by atomic mass is 9.96. The Morgan fingerprint density at radius 3 is 2.53 bits per heavy atom. The standard InChI is InChI=1S/C22H29N3O5/c1-22(2,3)30-21(29)24-18(12-15-13-23-17-7-5-4-6-16(15)17)19(26)25-10-8-14(9-11-25)20(27)28/h4-7,13-14,18,23H,8-12H2,1-3H3,(H,24,29)(H,27,28). The van der Waals surface area contributed by atoms with E-state index in [0.717, 1.165) is 16.5 Å². The molecule has 2 heterocycles. The van der Waals surface area contributed by atoms with Crippen LogP contribution in [-0.4, -0.2) is 57.7 Å². The Hall–Kier alpha value is -3.03. The molecule has 0 spiro atoms. The van der Waals surface area contributed by atoms with Crippen LogP contribution >= 0.6 is 0 Å². The van der Waals surface area contributed by atoms with Gasteiger partial charge in [0.05, 0.1) is 5.92 Å². The number of carbonyl (C=O) groups excluding carboxylic acids is 2. The third-order valence-corrected chi connectivity index (χ3v) is 5.24. The number of amides is 2. The Labute approximate surface area is 175 Å². The van der Waals surface area contributed by atoms with Gasteiger partial charge in [-0.05, 0) is 45.2 Å². The minimum atomic E-state index is -0.829. The zero-order valence-electron chi connectivity index (χ0n) is 17.6. The molecule has 0 bridgehead atoms. The van der Waals surface area contributed by atoms with E-state index in [2.05, 4.69) is 10.3 Å². The highest BCUT2D eigenvalue weighted by atomic mass is 16.6. The number of H-pyrrole nitrogens is 1. The second kappa shape index (κ2) is 8.77. The number of para-hydroxylation sites is 1. The Bertz CT molecular complexity index is 922. The van der Waals surface area contributed by atoms with Crippen molar-refractivity contribution in [2.24, 2.45) is 5.92 Å². The molecule has 30 heavy (non-hydrogen) atoms. The summed E-state index contributed by atoms with van der Waals surface area (Å²) in [5.41, 5.74) is 1.19. The average molecular weight is 415 g/mol. The second-order valence-electron chi connectivity index (χ2n) is 8.70. The molecular formula is C22H29N3O5. The summed E-state index contributed by atoms with van der Waals surface area (Å²) in [6.07, 6.45) is 2.32. The molecule has 3 N–H and O–H groups in total. The number of hydrogen-bond donors (Lipinski definition) is 3. The van der Waals surface area contributed by atoms with Crippen molar-refractivity contribution in [1.29, 1.82) is 0 Å². The van der Waals surface area contributed by atoms with Crippen molar-refractivity contribution >= 4 is 28.9 Å². The van der Waals surface area contributed by atoms with Gasteiger partial charge in [0.15, 0.2) is 0 Å². The fourth-order valence-corrected chi connectivity index (χ4v) is 3.74. The molecule has 162 valence electrons. The first-order chi connectivity index (χ1) is 14.1. The van der Waals surface area contributed by atoms with Gasteiger partial charge in [0.25, 0.3) is 0 Å². The van der Waals surface area contributed by atoms with Gasteiger partial charge in [0.1, 0.15) is 11.6 Å². The highest BCUT2D eigenvalue weighted by Crippen LogP contribution is 2.22. The molecule has 1 aliphatic heterocycles. The fraction of sp³-hybridized carbons (Fsp3) is 0.500. The monoisotopic (exact) mass is 415 g/mol.